The molecule has 0 amide bonds. The largest absolute Gasteiger partial charge is 0.312 e. The quantitative estimate of drug-likeness (QED) is 0.746. The summed E-state index contributed by atoms with van der Waals surface area (Å²) in [6.45, 7) is 8.06. The van der Waals surface area contributed by atoms with Crippen molar-refractivity contribution in [3.8, 4) is 0 Å². The van der Waals surface area contributed by atoms with Gasteiger partial charge in [-0.05, 0) is 62.8 Å². The van der Waals surface area contributed by atoms with Crippen LogP contribution in [-0.4, -0.2) is 30.1 Å². The fourth-order valence-electron chi connectivity index (χ4n) is 3.13. The fourth-order valence-corrected chi connectivity index (χ4v) is 3.86. The highest BCUT2D eigenvalue weighted by molar-refractivity contribution is 7.09. The first-order chi connectivity index (χ1) is 9.74. The first-order valence-electron chi connectivity index (χ1n) is 8.24. The summed E-state index contributed by atoms with van der Waals surface area (Å²) in [4.78, 5) is 4.08. The summed E-state index contributed by atoms with van der Waals surface area (Å²) in [5, 5.41) is 6.05. The van der Waals surface area contributed by atoms with Gasteiger partial charge in [0.1, 0.15) is 0 Å². The average Bonchev–Trinajstić information content (AvgIpc) is 3.34. The zero-order valence-electron chi connectivity index (χ0n) is 12.8. The van der Waals surface area contributed by atoms with Gasteiger partial charge in [-0.25, -0.2) is 0 Å². The molecule has 1 aromatic heterocycles. The molecular weight excluding hydrogens is 264 g/mol. The van der Waals surface area contributed by atoms with Crippen molar-refractivity contribution in [2.75, 3.05) is 13.1 Å². The molecule has 0 unspecified atom stereocenters. The van der Waals surface area contributed by atoms with Crippen LogP contribution in [0.15, 0.2) is 17.5 Å². The SMILES string of the molecule is CC(C)N(CCNC(C1CC1)C1CC1)Cc1cccs1. The Morgan fingerprint density at radius 2 is 1.95 bits per heavy atom. The predicted molar refractivity (Wildman–Crippen MR) is 87.1 cm³/mol. The van der Waals surface area contributed by atoms with Gasteiger partial charge in [0, 0.05) is 36.6 Å². The molecule has 2 aliphatic rings. The molecular formula is C17H28N2S. The van der Waals surface area contributed by atoms with Crippen LogP contribution < -0.4 is 5.32 Å². The molecule has 0 saturated heterocycles. The lowest BCUT2D eigenvalue weighted by atomic mass is 10.1. The number of hydrogen-bond acceptors (Lipinski definition) is 3. The van der Waals surface area contributed by atoms with Crippen LogP contribution in [0.5, 0.6) is 0 Å². The van der Waals surface area contributed by atoms with Crippen molar-refractivity contribution in [3.63, 3.8) is 0 Å². The van der Waals surface area contributed by atoms with Gasteiger partial charge in [-0.3, -0.25) is 4.90 Å². The van der Waals surface area contributed by atoms with Crippen molar-refractivity contribution in [1.29, 1.82) is 0 Å². The van der Waals surface area contributed by atoms with E-state index in [0.717, 1.165) is 31.0 Å². The van der Waals surface area contributed by atoms with E-state index >= 15 is 0 Å². The number of rotatable bonds is 9. The maximum Gasteiger partial charge on any atom is 0.0331 e. The summed E-state index contributed by atoms with van der Waals surface area (Å²) >= 11 is 1.88. The summed E-state index contributed by atoms with van der Waals surface area (Å²) in [5.74, 6) is 2.01. The molecule has 0 aliphatic heterocycles. The minimum Gasteiger partial charge on any atom is -0.312 e. The Bertz CT molecular complexity index is 381. The van der Waals surface area contributed by atoms with Crippen LogP contribution in [0.3, 0.4) is 0 Å². The number of hydrogen-bond donors (Lipinski definition) is 1. The molecule has 0 spiro atoms. The van der Waals surface area contributed by atoms with E-state index in [1.807, 2.05) is 11.3 Å². The van der Waals surface area contributed by atoms with E-state index in [2.05, 4.69) is 41.6 Å². The molecule has 112 valence electrons. The van der Waals surface area contributed by atoms with Gasteiger partial charge in [0.2, 0.25) is 0 Å². The second-order valence-electron chi connectivity index (χ2n) is 6.80. The van der Waals surface area contributed by atoms with E-state index in [4.69, 9.17) is 0 Å². The lowest BCUT2D eigenvalue weighted by Crippen LogP contribution is -2.41. The molecule has 3 heteroatoms. The molecule has 0 radical (unpaired) electrons. The Morgan fingerprint density at radius 1 is 1.25 bits per heavy atom. The second kappa shape index (κ2) is 6.59. The molecule has 2 nitrogen and oxygen atoms in total. The Morgan fingerprint density at radius 3 is 2.45 bits per heavy atom. The number of thiophene rings is 1. The van der Waals surface area contributed by atoms with Crippen molar-refractivity contribution in [3.05, 3.63) is 22.4 Å². The van der Waals surface area contributed by atoms with Gasteiger partial charge in [0.05, 0.1) is 0 Å². The molecule has 2 aliphatic carbocycles. The van der Waals surface area contributed by atoms with Crippen LogP contribution in [-0.2, 0) is 6.54 Å². The smallest absolute Gasteiger partial charge is 0.0331 e. The van der Waals surface area contributed by atoms with Gasteiger partial charge in [0.15, 0.2) is 0 Å². The van der Waals surface area contributed by atoms with E-state index < -0.39 is 0 Å². The van der Waals surface area contributed by atoms with E-state index in [9.17, 15) is 0 Å². The predicted octanol–water partition coefficient (Wildman–Crippen LogP) is 3.74. The molecule has 20 heavy (non-hydrogen) atoms. The zero-order valence-corrected chi connectivity index (χ0v) is 13.7. The van der Waals surface area contributed by atoms with Crippen molar-refractivity contribution in [2.24, 2.45) is 11.8 Å². The minimum absolute atomic E-state index is 0.624. The molecule has 1 aromatic rings. The third kappa shape index (κ3) is 4.06. The van der Waals surface area contributed by atoms with Crippen molar-refractivity contribution in [2.45, 2.75) is 58.2 Å². The van der Waals surface area contributed by atoms with Gasteiger partial charge in [0.25, 0.3) is 0 Å². The fraction of sp³-hybridized carbons (Fsp3) is 0.765. The lowest BCUT2D eigenvalue weighted by Gasteiger charge is -2.27. The molecule has 1 heterocycles. The van der Waals surface area contributed by atoms with E-state index in [0.29, 0.717) is 6.04 Å². The lowest BCUT2D eigenvalue weighted by molar-refractivity contribution is 0.209. The van der Waals surface area contributed by atoms with Crippen LogP contribution in [0.4, 0.5) is 0 Å². The summed E-state index contributed by atoms with van der Waals surface area (Å²) < 4.78 is 0. The Balaban J connectivity index is 1.44. The van der Waals surface area contributed by atoms with Gasteiger partial charge in [-0.1, -0.05) is 6.07 Å². The average molecular weight is 292 g/mol. The van der Waals surface area contributed by atoms with Crippen LogP contribution in [0.25, 0.3) is 0 Å². The summed E-state index contributed by atoms with van der Waals surface area (Å²) in [6.07, 6.45) is 5.88. The molecule has 3 rings (SSSR count). The van der Waals surface area contributed by atoms with Crippen LogP contribution in [0, 0.1) is 11.8 Å². The number of nitrogens with one attached hydrogen (secondary N) is 1. The van der Waals surface area contributed by atoms with Crippen molar-refractivity contribution < 1.29 is 0 Å². The monoisotopic (exact) mass is 292 g/mol. The van der Waals surface area contributed by atoms with Crippen molar-refractivity contribution in [1.82, 2.24) is 10.2 Å². The van der Waals surface area contributed by atoms with Crippen LogP contribution in [0.1, 0.15) is 44.4 Å². The van der Waals surface area contributed by atoms with Crippen molar-refractivity contribution >= 4 is 11.3 Å². The highest BCUT2D eigenvalue weighted by atomic mass is 32.1. The Kier molecular flexibility index (Phi) is 4.79. The second-order valence-corrected chi connectivity index (χ2v) is 7.83. The summed E-state index contributed by atoms with van der Waals surface area (Å²) in [5.41, 5.74) is 0. The van der Waals surface area contributed by atoms with Gasteiger partial charge >= 0.3 is 0 Å². The molecule has 0 aromatic carbocycles. The first kappa shape index (κ1) is 14.6. The molecule has 0 atom stereocenters. The Hall–Kier alpha value is -0.380. The molecule has 1 N–H and O–H groups in total. The van der Waals surface area contributed by atoms with Gasteiger partial charge < -0.3 is 5.32 Å². The number of nitrogens with zero attached hydrogens (tertiary/aromatic N) is 1. The van der Waals surface area contributed by atoms with Gasteiger partial charge in [-0.2, -0.15) is 0 Å². The molecule has 2 fully saturated rings. The maximum absolute atomic E-state index is 3.87. The first-order valence-corrected chi connectivity index (χ1v) is 9.12. The molecule has 0 bridgehead atoms. The van der Waals surface area contributed by atoms with Gasteiger partial charge in [-0.15, -0.1) is 11.3 Å². The van der Waals surface area contributed by atoms with Crippen LogP contribution >= 0.6 is 11.3 Å². The highest BCUT2D eigenvalue weighted by Crippen LogP contribution is 2.44. The molecule has 2 saturated carbocycles. The topological polar surface area (TPSA) is 15.3 Å². The summed E-state index contributed by atoms with van der Waals surface area (Å²) in [7, 11) is 0. The van der Waals surface area contributed by atoms with Crippen LogP contribution in [0.2, 0.25) is 0 Å². The third-order valence-corrected chi connectivity index (χ3v) is 5.57. The maximum atomic E-state index is 3.87. The van der Waals surface area contributed by atoms with E-state index in [-0.39, 0.29) is 0 Å². The van der Waals surface area contributed by atoms with E-state index in [1.54, 1.807) is 0 Å². The Labute approximate surface area is 127 Å². The highest BCUT2D eigenvalue weighted by Gasteiger charge is 2.40. The third-order valence-electron chi connectivity index (χ3n) is 4.71. The summed E-state index contributed by atoms with van der Waals surface area (Å²) in [6, 6.07) is 5.88. The minimum atomic E-state index is 0.624. The zero-order chi connectivity index (χ0) is 13.9. The standard InChI is InChI=1S/C17H28N2S/c1-13(2)19(12-16-4-3-11-20-16)10-9-18-17(14-5-6-14)15-7-8-15/h3-4,11,13-15,17-18H,5-10,12H2,1-2H3. The van der Waals surface area contributed by atoms with E-state index in [1.165, 1.54) is 37.1 Å². The normalized spacial score (nSPS) is 19.4.